The highest BCUT2D eigenvalue weighted by atomic mass is 16.8. The van der Waals surface area contributed by atoms with Crippen molar-refractivity contribution in [3.8, 4) is 0 Å². The zero-order valence-corrected chi connectivity index (χ0v) is 9.68. The smallest absolute Gasteiger partial charge is 0.172 e. The zero-order valence-electron chi connectivity index (χ0n) is 9.68. The number of ether oxygens (including phenoxy) is 3. The van der Waals surface area contributed by atoms with Crippen LogP contribution >= 0.6 is 0 Å². The van der Waals surface area contributed by atoms with Crippen LogP contribution in [0.3, 0.4) is 0 Å². The average molecular weight is 244 g/mol. The molecule has 0 radical (unpaired) electrons. The van der Waals surface area contributed by atoms with Crippen molar-refractivity contribution in [3.05, 3.63) is 10.4 Å². The largest absolute Gasteiger partial charge is 0.367 e. The Bertz CT molecular complexity index is 344. The number of nitrogens with two attached hydrogens (primary N) is 1. The molecule has 5 atom stereocenters. The highest BCUT2D eigenvalue weighted by molar-refractivity contribution is 4.98. The topological polar surface area (TPSA) is 123 Å². The summed E-state index contributed by atoms with van der Waals surface area (Å²) >= 11 is 0. The minimum absolute atomic E-state index is 0.0703. The maximum absolute atomic E-state index is 9.65. The van der Waals surface area contributed by atoms with Gasteiger partial charge in [0.15, 0.2) is 12.1 Å². The van der Waals surface area contributed by atoms with Gasteiger partial charge in [0, 0.05) is 4.91 Å². The molecule has 2 aliphatic rings. The summed E-state index contributed by atoms with van der Waals surface area (Å²) in [5.74, 6) is -0.783. The fraction of sp³-hybridized carbons (Fsp3) is 1.00. The zero-order chi connectivity index (χ0) is 12.6. The molecule has 3 N–H and O–H groups in total. The summed E-state index contributed by atoms with van der Waals surface area (Å²) in [6, 6.07) is -0.677. The van der Waals surface area contributed by atoms with Crippen LogP contribution in [0.25, 0.3) is 10.4 Å². The fourth-order valence-corrected chi connectivity index (χ4v) is 2.18. The number of aliphatic hydroxyl groups is 1. The second-order valence-electron chi connectivity index (χ2n) is 4.62. The van der Waals surface area contributed by atoms with Crippen LogP contribution in [-0.4, -0.2) is 48.1 Å². The second kappa shape index (κ2) is 4.41. The van der Waals surface area contributed by atoms with Crippen molar-refractivity contribution in [1.82, 2.24) is 0 Å². The lowest BCUT2D eigenvalue weighted by molar-refractivity contribution is -0.215. The standard InChI is InChI=1S/C9H16N4O4/c1-9(2)16-6-4(3-12-13-11)15-8(14)5(10)7(6)17-9/h4-8,14H,3,10H2,1-2H3/t4-,5+,6+,7-,8?/m1/s1. The Morgan fingerprint density at radius 3 is 2.71 bits per heavy atom. The van der Waals surface area contributed by atoms with Crippen LogP contribution in [0.15, 0.2) is 5.11 Å². The normalized spacial score (nSPS) is 43.9. The Balaban J connectivity index is 2.17. The first-order chi connectivity index (χ1) is 7.94. The van der Waals surface area contributed by atoms with Gasteiger partial charge in [-0.3, -0.25) is 0 Å². The van der Waals surface area contributed by atoms with Gasteiger partial charge in [0.2, 0.25) is 0 Å². The molecular formula is C9H16N4O4. The third-order valence-electron chi connectivity index (χ3n) is 2.88. The molecule has 17 heavy (non-hydrogen) atoms. The molecule has 0 saturated carbocycles. The van der Waals surface area contributed by atoms with E-state index in [0.717, 1.165) is 0 Å². The molecule has 0 amide bonds. The van der Waals surface area contributed by atoms with Crippen LogP contribution in [0, 0.1) is 0 Å². The summed E-state index contributed by atoms with van der Waals surface area (Å²) in [6.45, 7) is 3.59. The molecule has 2 rings (SSSR count). The first-order valence-electron chi connectivity index (χ1n) is 5.40. The number of rotatable bonds is 2. The molecule has 8 nitrogen and oxygen atoms in total. The van der Waals surface area contributed by atoms with E-state index in [9.17, 15) is 5.11 Å². The van der Waals surface area contributed by atoms with E-state index in [1.165, 1.54) is 0 Å². The summed E-state index contributed by atoms with van der Waals surface area (Å²) in [7, 11) is 0. The van der Waals surface area contributed by atoms with Gasteiger partial charge in [-0.1, -0.05) is 5.11 Å². The maximum atomic E-state index is 9.65. The molecule has 8 heteroatoms. The van der Waals surface area contributed by atoms with Crippen molar-refractivity contribution in [1.29, 1.82) is 0 Å². The van der Waals surface area contributed by atoms with Crippen LogP contribution in [-0.2, 0) is 14.2 Å². The molecule has 0 aromatic rings. The third kappa shape index (κ3) is 2.37. The molecule has 0 aromatic heterocycles. The van der Waals surface area contributed by atoms with E-state index in [4.69, 9.17) is 25.5 Å². The molecule has 2 heterocycles. The molecule has 0 spiro atoms. The summed E-state index contributed by atoms with van der Waals surface area (Å²) in [5.41, 5.74) is 14.1. The summed E-state index contributed by atoms with van der Waals surface area (Å²) in [6.07, 6.45) is -2.60. The Hall–Kier alpha value is -0.890. The van der Waals surface area contributed by atoms with Crippen molar-refractivity contribution in [2.75, 3.05) is 6.54 Å². The number of aliphatic hydroxyl groups excluding tert-OH is 1. The Kier molecular flexibility index (Phi) is 3.26. The number of hydrogen-bond donors (Lipinski definition) is 2. The average Bonchev–Trinajstić information content (AvgIpc) is 2.58. The maximum Gasteiger partial charge on any atom is 0.172 e. The number of nitrogens with zero attached hydrogens (tertiary/aromatic N) is 3. The number of fused-ring (bicyclic) bond motifs is 1. The van der Waals surface area contributed by atoms with Gasteiger partial charge < -0.3 is 25.1 Å². The lowest BCUT2D eigenvalue weighted by Crippen LogP contribution is -2.60. The summed E-state index contributed by atoms with van der Waals surface area (Å²) < 4.78 is 16.6. The Labute approximate surface area is 98.3 Å². The lowest BCUT2D eigenvalue weighted by atomic mass is 9.98. The van der Waals surface area contributed by atoms with Gasteiger partial charge in [0.05, 0.1) is 18.7 Å². The lowest BCUT2D eigenvalue weighted by Gasteiger charge is -2.37. The predicted octanol–water partition coefficient (Wildman–Crippen LogP) is -0.139. The van der Waals surface area contributed by atoms with E-state index in [2.05, 4.69) is 10.0 Å². The van der Waals surface area contributed by atoms with Crippen molar-refractivity contribution < 1.29 is 19.3 Å². The Morgan fingerprint density at radius 2 is 2.06 bits per heavy atom. The predicted molar refractivity (Wildman–Crippen MR) is 56.7 cm³/mol. The van der Waals surface area contributed by atoms with Crippen LogP contribution in [0.2, 0.25) is 0 Å². The highest BCUT2D eigenvalue weighted by Gasteiger charge is 2.53. The van der Waals surface area contributed by atoms with Crippen molar-refractivity contribution >= 4 is 0 Å². The molecular weight excluding hydrogens is 228 g/mol. The molecule has 0 bridgehead atoms. The van der Waals surface area contributed by atoms with Crippen LogP contribution in [0.1, 0.15) is 13.8 Å². The van der Waals surface area contributed by atoms with Crippen molar-refractivity contribution in [3.63, 3.8) is 0 Å². The number of hydrogen-bond acceptors (Lipinski definition) is 6. The first kappa shape index (κ1) is 12.6. The van der Waals surface area contributed by atoms with E-state index in [-0.39, 0.29) is 6.54 Å². The fourth-order valence-electron chi connectivity index (χ4n) is 2.18. The molecule has 96 valence electrons. The van der Waals surface area contributed by atoms with Gasteiger partial charge in [-0.15, -0.1) is 0 Å². The van der Waals surface area contributed by atoms with Gasteiger partial charge in [-0.2, -0.15) is 0 Å². The molecule has 2 aliphatic heterocycles. The Morgan fingerprint density at radius 1 is 1.41 bits per heavy atom. The summed E-state index contributed by atoms with van der Waals surface area (Å²) in [4.78, 5) is 2.66. The van der Waals surface area contributed by atoms with Crippen LogP contribution < -0.4 is 5.73 Å². The van der Waals surface area contributed by atoms with Gasteiger partial charge >= 0.3 is 0 Å². The molecule has 1 unspecified atom stereocenters. The second-order valence-corrected chi connectivity index (χ2v) is 4.62. The third-order valence-corrected chi connectivity index (χ3v) is 2.88. The van der Waals surface area contributed by atoms with E-state index < -0.39 is 36.4 Å². The van der Waals surface area contributed by atoms with Crippen molar-refractivity contribution in [2.45, 2.75) is 50.3 Å². The van der Waals surface area contributed by atoms with Crippen molar-refractivity contribution in [2.24, 2.45) is 10.8 Å². The van der Waals surface area contributed by atoms with Gasteiger partial charge in [-0.25, -0.2) is 0 Å². The SMILES string of the molecule is CC1(C)O[C@@H]2[C@H](O1)[C@H](N)C(O)O[C@@H]2CN=[N+]=[N-]. The van der Waals surface area contributed by atoms with Crippen LogP contribution in [0.5, 0.6) is 0 Å². The van der Waals surface area contributed by atoms with Gasteiger partial charge in [0.25, 0.3) is 0 Å². The van der Waals surface area contributed by atoms with E-state index in [1.54, 1.807) is 13.8 Å². The van der Waals surface area contributed by atoms with Crippen LogP contribution in [0.4, 0.5) is 0 Å². The first-order valence-corrected chi connectivity index (χ1v) is 5.40. The minimum Gasteiger partial charge on any atom is -0.367 e. The van der Waals surface area contributed by atoms with E-state index in [1.807, 2.05) is 0 Å². The molecule has 0 aliphatic carbocycles. The number of azide groups is 1. The van der Waals surface area contributed by atoms with E-state index >= 15 is 0 Å². The highest BCUT2D eigenvalue weighted by Crippen LogP contribution is 2.36. The quantitative estimate of drug-likeness (QED) is 0.397. The van der Waals surface area contributed by atoms with Gasteiger partial charge in [0.1, 0.15) is 12.2 Å². The molecule has 2 fully saturated rings. The molecule has 0 aromatic carbocycles. The minimum atomic E-state index is -1.15. The molecule has 2 saturated heterocycles. The van der Waals surface area contributed by atoms with Gasteiger partial charge in [-0.05, 0) is 19.4 Å². The van der Waals surface area contributed by atoms with E-state index in [0.29, 0.717) is 0 Å². The summed E-state index contributed by atoms with van der Waals surface area (Å²) in [5, 5.41) is 13.1. The monoisotopic (exact) mass is 244 g/mol.